The number of hydrogen-bond donors (Lipinski definition) is 1. The smallest absolute Gasteiger partial charge is 0.133 e. The number of rotatable bonds is 5. The summed E-state index contributed by atoms with van der Waals surface area (Å²) < 4.78 is 11.7. The molecule has 3 nitrogen and oxygen atoms in total. The molecule has 112 valence electrons. The molecule has 1 atom stereocenters. The largest absolute Gasteiger partial charge is 0.496 e. The molecule has 2 N–H and O–H groups in total. The van der Waals surface area contributed by atoms with Crippen LogP contribution < -0.4 is 15.2 Å². The summed E-state index contributed by atoms with van der Waals surface area (Å²) in [6.45, 7) is 2.13. The molecule has 2 aromatic rings. The Labute approximate surface area is 134 Å². The van der Waals surface area contributed by atoms with Gasteiger partial charge in [-0.3, -0.25) is 0 Å². The van der Waals surface area contributed by atoms with Gasteiger partial charge in [-0.25, -0.2) is 0 Å². The fourth-order valence-corrected chi connectivity index (χ4v) is 2.94. The number of methoxy groups -OCH3 is 2. The van der Waals surface area contributed by atoms with Crippen molar-refractivity contribution in [1.29, 1.82) is 0 Å². The first-order valence-corrected chi connectivity index (χ1v) is 7.66. The normalized spacial score (nSPS) is 12.0. The maximum absolute atomic E-state index is 6.49. The van der Waals surface area contributed by atoms with E-state index in [2.05, 4.69) is 35.0 Å². The zero-order valence-electron chi connectivity index (χ0n) is 12.5. The predicted molar refractivity (Wildman–Crippen MR) is 89.1 cm³/mol. The summed E-state index contributed by atoms with van der Waals surface area (Å²) in [6.07, 6.45) is 0.944. The molecule has 0 radical (unpaired) electrons. The van der Waals surface area contributed by atoms with Crippen molar-refractivity contribution in [2.45, 2.75) is 19.4 Å². The van der Waals surface area contributed by atoms with Gasteiger partial charge >= 0.3 is 0 Å². The zero-order valence-corrected chi connectivity index (χ0v) is 14.1. The van der Waals surface area contributed by atoms with Gasteiger partial charge in [-0.2, -0.15) is 0 Å². The van der Waals surface area contributed by atoms with E-state index in [1.54, 1.807) is 14.2 Å². The van der Waals surface area contributed by atoms with Crippen LogP contribution in [0.5, 0.6) is 11.5 Å². The minimum Gasteiger partial charge on any atom is -0.496 e. The first-order chi connectivity index (χ1) is 10.1. The van der Waals surface area contributed by atoms with Crippen molar-refractivity contribution in [3.63, 3.8) is 0 Å². The lowest BCUT2D eigenvalue weighted by atomic mass is 9.93. The molecule has 21 heavy (non-hydrogen) atoms. The van der Waals surface area contributed by atoms with Gasteiger partial charge in [0.05, 0.1) is 24.7 Å². The van der Waals surface area contributed by atoms with Crippen LogP contribution in [0.1, 0.15) is 29.7 Å². The van der Waals surface area contributed by atoms with E-state index in [4.69, 9.17) is 15.2 Å². The number of halogens is 1. The molecule has 0 bridgehead atoms. The predicted octanol–water partition coefficient (Wildman–Crippen LogP) is 4.08. The zero-order chi connectivity index (χ0) is 15.4. The topological polar surface area (TPSA) is 44.5 Å². The minimum atomic E-state index is -0.252. The fraction of sp³-hybridized carbons (Fsp3) is 0.294. The van der Waals surface area contributed by atoms with Crippen molar-refractivity contribution in [3.8, 4) is 11.5 Å². The SMILES string of the molecule is CCc1ccccc1C(N)c1cc(OC)c(Br)cc1OC. The second-order valence-corrected chi connectivity index (χ2v) is 5.61. The van der Waals surface area contributed by atoms with Crippen molar-refractivity contribution < 1.29 is 9.47 Å². The van der Waals surface area contributed by atoms with Crippen LogP contribution in [-0.4, -0.2) is 14.2 Å². The third kappa shape index (κ3) is 3.22. The van der Waals surface area contributed by atoms with Crippen LogP contribution in [-0.2, 0) is 6.42 Å². The molecule has 0 aliphatic carbocycles. The van der Waals surface area contributed by atoms with Gasteiger partial charge in [0.15, 0.2) is 0 Å². The first kappa shape index (κ1) is 15.9. The van der Waals surface area contributed by atoms with Crippen LogP contribution in [0.3, 0.4) is 0 Å². The molecule has 0 heterocycles. The lowest BCUT2D eigenvalue weighted by Crippen LogP contribution is -2.15. The molecule has 0 saturated carbocycles. The van der Waals surface area contributed by atoms with Gasteiger partial charge < -0.3 is 15.2 Å². The molecule has 0 fully saturated rings. The number of aryl methyl sites for hydroxylation is 1. The summed E-state index contributed by atoms with van der Waals surface area (Å²) >= 11 is 3.47. The Bertz CT molecular complexity index is 628. The van der Waals surface area contributed by atoms with Gasteiger partial charge in [-0.15, -0.1) is 0 Å². The van der Waals surface area contributed by atoms with Gasteiger partial charge in [-0.1, -0.05) is 31.2 Å². The fourth-order valence-electron chi connectivity index (χ4n) is 2.45. The second kappa shape index (κ2) is 6.96. The minimum absolute atomic E-state index is 0.252. The molecule has 0 aliphatic heterocycles. The van der Waals surface area contributed by atoms with E-state index < -0.39 is 0 Å². The maximum Gasteiger partial charge on any atom is 0.133 e. The highest BCUT2D eigenvalue weighted by molar-refractivity contribution is 9.10. The molecule has 4 heteroatoms. The van der Waals surface area contributed by atoms with Crippen molar-refractivity contribution >= 4 is 15.9 Å². The Morgan fingerprint density at radius 2 is 1.71 bits per heavy atom. The van der Waals surface area contributed by atoms with E-state index in [1.807, 2.05) is 24.3 Å². The number of nitrogens with two attached hydrogens (primary N) is 1. The summed E-state index contributed by atoms with van der Waals surface area (Å²) in [4.78, 5) is 0. The maximum atomic E-state index is 6.49. The molecular weight excluding hydrogens is 330 g/mol. The van der Waals surface area contributed by atoms with Crippen LogP contribution in [0, 0.1) is 0 Å². The van der Waals surface area contributed by atoms with Crippen LogP contribution in [0.25, 0.3) is 0 Å². The van der Waals surface area contributed by atoms with Gasteiger partial charge in [0, 0.05) is 5.56 Å². The van der Waals surface area contributed by atoms with Crippen molar-refractivity contribution in [2.75, 3.05) is 14.2 Å². The van der Waals surface area contributed by atoms with Crippen LogP contribution in [0.2, 0.25) is 0 Å². The van der Waals surface area contributed by atoms with Crippen LogP contribution >= 0.6 is 15.9 Å². The van der Waals surface area contributed by atoms with Crippen LogP contribution in [0.15, 0.2) is 40.9 Å². The van der Waals surface area contributed by atoms with Gasteiger partial charge in [-0.05, 0) is 45.6 Å². The molecule has 0 spiro atoms. The number of hydrogen-bond acceptors (Lipinski definition) is 3. The van der Waals surface area contributed by atoms with Crippen LogP contribution in [0.4, 0.5) is 0 Å². The lowest BCUT2D eigenvalue weighted by molar-refractivity contribution is 0.395. The third-order valence-corrected chi connectivity index (χ3v) is 4.23. The molecular formula is C17H20BrNO2. The molecule has 0 amide bonds. The van der Waals surface area contributed by atoms with E-state index in [0.717, 1.165) is 33.5 Å². The molecule has 2 rings (SSSR count). The Balaban J connectivity index is 2.54. The molecule has 1 unspecified atom stereocenters. The average Bonchev–Trinajstić information content (AvgIpc) is 2.53. The van der Waals surface area contributed by atoms with Crippen molar-refractivity contribution in [1.82, 2.24) is 0 Å². The van der Waals surface area contributed by atoms with Gasteiger partial charge in [0.1, 0.15) is 11.5 Å². The number of ether oxygens (including phenoxy) is 2. The summed E-state index contributed by atoms with van der Waals surface area (Å²) in [5.74, 6) is 1.50. The van der Waals surface area contributed by atoms with Crippen molar-refractivity contribution in [3.05, 3.63) is 57.6 Å². The van der Waals surface area contributed by atoms with Crippen molar-refractivity contribution in [2.24, 2.45) is 5.73 Å². The Morgan fingerprint density at radius 1 is 1.05 bits per heavy atom. The highest BCUT2D eigenvalue weighted by atomic mass is 79.9. The van der Waals surface area contributed by atoms with Gasteiger partial charge in [0.2, 0.25) is 0 Å². The molecule has 0 saturated heterocycles. The summed E-state index contributed by atoms with van der Waals surface area (Å²) in [5, 5.41) is 0. The quantitative estimate of drug-likeness (QED) is 0.884. The summed E-state index contributed by atoms with van der Waals surface area (Å²) in [5.41, 5.74) is 9.77. The van der Waals surface area contributed by atoms with E-state index in [9.17, 15) is 0 Å². The Kier molecular flexibility index (Phi) is 5.26. The lowest BCUT2D eigenvalue weighted by Gasteiger charge is -2.20. The molecule has 0 aliphatic rings. The highest BCUT2D eigenvalue weighted by Gasteiger charge is 2.19. The Hall–Kier alpha value is -1.52. The first-order valence-electron chi connectivity index (χ1n) is 6.87. The standard InChI is InChI=1S/C17H20BrNO2/c1-4-11-7-5-6-8-12(11)17(19)13-9-16(21-3)14(18)10-15(13)20-2/h5-10,17H,4,19H2,1-3H3. The number of benzene rings is 2. The Morgan fingerprint density at radius 3 is 2.33 bits per heavy atom. The van der Waals surface area contributed by atoms with E-state index in [1.165, 1.54) is 5.56 Å². The second-order valence-electron chi connectivity index (χ2n) is 4.76. The van der Waals surface area contributed by atoms with E-state index in [-0.39, 0.29) is 6.04 Å². The molecule has 0 aromatic heterocycles. The third-order valence-electron chi connectivity index (χ3n) is 3.61. The van der Waals surface area contributed by atoms with Gasteiger partial charge in [0.25, 0.3) is 0 Å². The summed E-state index contributed by atoms with van der Waals surface area (Å²) in [6, 6.07) is 11.8. The van der Waals surface area contributed by atoms with E-state index in [0.29, 0.717) is 0 Å². The highest BCUT2D eigenvalue weighted by Crippen LogP contribution is 2.37. The average molecular weight is 350 g/mol. The molecule has 2 aromatic carbocycles. The summed E-state index contributed by atoms with van der Waals surface area (Å²) in [7, 11) is 3.29. The van der Waals surface area contributed by atoms with E-state index >= 15 is 0 Å². The monoisotopic (exact) mass is 349 g/mol.